The number of nitrogens with zero attached hydrogens (tertiary/aromatic N) is 1. The van der Waals surface area contributed by atoms with Crippen LogP contribution in [0, 0.1) is 0 Å². The van der Waals surface area contributed by atoms with Crippen LogP contribution in [0.2, 0.25) is 0 Å². The second kappa shape index (κ2) is 9.41. The number of methoxy groups -OCH3 is 1. The topological polar surface area (TPSA) is 75.7 Å². The zero-order valence-corrected chi connectivity index (χ0v) is 16.8. The number of rotatable bonds is 9. The molecule has 0 heterocycles. The Hall–Kier alpha value is -2.54. The summed E-state index contributed by atoms with van der Waals surface area (Å²) in [7, 11) is -1.79. The van der Waals surface area contributed by atoms with Crippen molar-refractivity contribution < 1.29 is 17.9 Å². The van der Waals surface area contributed by atoms with Gasteiger partial charge in [0.25, 0.3) is 5.91 Å². The maximum Gasteiger partial charge on any atom is 0.254 e. The summed E-state index contributed by atoms with van der Waals surface area (Å²) in [6.45, 7) is 4.72. The predicted molar refractivity (Wildman–Crippen MR) is 108 cm³/mol. The van der Waals surface area contributed by atoms with E-state index in [4.69, 9.17) is 4.74 Å². The van der Waals surface area contributed by atoms with Gasteiger partial charge in [0, 0.05) is 24.3 Å². The van der Waals surface area contributed by atoms with Crippen LogP contribution >= 0.6 is 0 Å². The first-order chi connectivity index (χ1) is 12.9. The summed E-state index contributed by atoms with van der Waals surface area (Å²) in [4.78, 5) is 14.6. The summed E-state index contributed by atoms with van der Waals surface area (Å²) in [5.74, 6) is 0.661. The van der Waals surface area contributed by atoms with Gasteiger partial charge in [-0.1, -0.05) is 25.1 Å². The monoisotopic (exact) mass is 390 g/mol. The zero-order valence-electron chi connectivity index (χ0n) is 15.9. The van der Waals surface area contributed by atoms with Gasteiger partial charge in [0.15, 0.2) is 0 Å². The largest absolute Gasteiger partial charge is 0.497 e. The van der Waals surface area contributed by atoms with Crippen LogP contribution in [0.25, 0.3) is 0 Å². The van der Waals surface area contributed by atoms with Gasteiger partial charge in [-0.25, -0.2) is 8.42 Å². The van der Waals surface area contributed by atoms with Crippen molar-refractivity contribution >= 4 is 21.6 Å². The van der Waals surface area contributed by atoms with Crippen molar-refractivity contribution in [2.75, 3.05) is 24.1 Å². The molecule has 7 heteroatoms. The van der Waals surface area contributed by atoms with E-state index in [2.05, 4.69) is 4.72 Å². The van der Waals surface area contributed by atoms with Crippen molar-refractivity contribution in [1.29, 1.82) is 0 Å². The molecule has 0 aliphatic rings. The van der Waals surface area contributed by atoms with Crippen LogP contribution < -0.4 is 9.46 Å². The lowest BCUT2D eigenvalue weighted by atomic mass is 10.1. The number of hydrogen-bond donors (Lipinski definition) is 1. The van der Waals surface area contributed by atoms with Gasteiger partial charge in [-0.2, -0.15) is 0 Å². The molecule has 2 aromatic rings. The van der Waals surface area contributed by atoms with E-state index < -0.39 is 10.0 Å². The molecule has 146 valence electrons. The Labute approximate surface area is 161 Å². The van der Waals surface area contributed by atoms with E-state index in [9.17, 15) is 13.2 Å². The van der Waals surface area contributed by atoms with Gasteiger partial charge in [-0.05, 0) is 49.2 Å². The first-order valence-corrected chi connectivity index (χ1v) is 10.6. The summed E-state index contributed by atoms with van der Waals surface area (Å²) in [6, 6.07) is 14.1. The Morgan fingerprint density at radius 2 is 1.81 bits per heavy atom. The van der Waals surface area contributed by atoms with Crippen LogP contribution in [-0.4, -0.2) is 38.6 Å². The van der Waals surface area contributed by atoms with Crippen molar-refractivity contribution in [2.24, 2.45) is 0 Å². The van der Waals surface area contributed by atoms with Crippen molar-refractivity contribution in [1.82, 2.24) is 4.90 Å². The van der Waals surface area contributed by atoms with Gasteiger partial charge in [-0.3, -0.25) is 9.52 Å². The van der Waals surface area contributed by atoms with Gasteiger partial charge in [-0.15, -0.1) is 0 Å². The third kappa shape index (κ3) is 5.99. The highest BCUT2D eigenvalue weighted by atomic mass is 32.2. The number of amides is 1. The molecule has 1 N–H and O–H groups in total. The number of hydrogen-bond acceptors (Lipinski definition) is 4. The molecule has 1 amide bonds. The fraction of sp³-hybridized carbons (Fsp3) is 0.350. The van der Waals surface area contributed by atoms with Gasteiger partial charge in [0.1, 0.15) is 5.75 Å². The molecule has 0 saturated heterocycles. The fourth-order valence-electron chi connectivity index (χ4n) is 2.68. The van der Waals surface area contributed by atoms with E-state index >= 15 is 0 Å². The van der Waals surface area contributed by atoms with E-state index in [0.29, 0.717) is 30.8 Å². The van der Waals surface area contributed by atoms with Crippen LogP contribution in [0.4, 0.5) is 5.69 Å². The van der Waals surface area contributed by atoms with E-state index in [-0.39, 0.29) is 11.7 Å². The number of nitrogens with one attached hydrogen (secondary N) is 1. The molecule has 6 nitrogen and oxygen atoms in total. The molecule has 0 saturated carbocycles. The Balaban J connectivity index is 2.15. The second-order valence-electron chi connectivity index (χ2n) is 6.17. The SMILES string of the molecule is CCCS(=O)(=O)Nc1cccc(C(=O)N(CC)Cc2ccc(OC)cc2)c1. The second-order valence-corrected chi connectivity index (χ2v) is 8.01. The molecule has 0 unspecified atom stereocenters. The molecule has 0 spiro atoms. The summed E-state index contributed by atoms with van der Waals surface area (Å²) in [5.41, 5.74) is 1.84. The van der Waals surface area contributed by atoms with Crippen molar-refractivity contribution in [3.8, 4) is 5.75 Å². The summed E-state index contributed by atoms with van der Waals surface area (Å²) in [6.07, 6.45) is 0.527. The van der Waals surface area contributed by atoms with E-state index in [1.807, 2.05) is 31.2 Å². The third-order valence-corrected chi connectivity index (χ3v) is 5.55. The normalized spacial score (nSPS) is 11.1. The Kier molecular flexibility index (Phi) is 7.24. The molecule has 0 atom stereocenters. The van der Waals surface area contributed by atoms with Crippen LogP contribution in [0.15, 0.2) is 48.5 Å². The van der Waals surface area contributed by atoms with Crippen molar-refractivity contribution in [3.05, 3.63) is 59.7 Å². The van der Waals surface area contributed by atoms with E-state index in [1.165, 1.54) is 0 Å². The standard InChI is InChI=1S/C20H26N2O4S/c1-4-13-27(24,25)21-18-8-6-7-17(14-18)20(23)22(5-2)15-16-9-11-19(26-3)12-10-16/h6-12,14,21H,4-5,13,15H2,1-3H3. The lowest BCUT2D eigenvalue weighted by Gasteiger charge is -2.21. The van der Waals surface area contributed by atoms with Crippen LogP contribution in [-0.2, 0) is 16.6 Å². The molecular formula is C20H26N2O4S. The number of benzene rings is 2. The maximum atomic E-state index is 12.9. The van der Waals surface area contributed by atoms with Gasteiger partial charge in [0.05, 0.1) is 12.9 Å². The molecule has 0 aliphatic carbocycles. The smallest absolute Gasteiger partial charge is 0.254 e. The van der Waals surface area contributed by atoms with Crippen LogP contribution in [0.5, 0.6) is 5.75 Å². The Bertz CT molecular complexity index is 864. The quantitative estimate of drug-likeness (QED) is 0.711. The molecule has 0 aliphatic heterocycles. The van der Waals surface area contributed by atoms with Gasteiger partial charge >= 0.3 is 0 Å². The average Bonchev–Trinajstić information content (AvgIpc) is 2.65. The fourth-order valence-corrected chi connectivity index (χ4v) is 3.80. The number of sulfonamides is 1. The zero-order chi connectivity index (χ0) is 19.9. The molecule has 0 bridgehead atoms. The number of carbonyl (C=O) groups excluding carboxylic acids is 1. The highest BCUT2D eigenvalue weighted by molar-refractivity contribution is 7.92. The minimum atomic E-state index is -3.39. The average molecular weight is 391 g/mol. The summed E-state index contributed by atoms with van der Waals surface area (Å²) < 4.78 is 31.6. The number of ether oxygens (including phenoxy) is 1. The molecule has 0 radical (unpaired) electrons. The lowest BCUT2D eigenvalue weighted by molar-refractivity contribution is 0.0752. The molecule has 2 rings (SSSR count). The van der Waals surface area contributed by atoms with Crippen molar-refractivity contribution in [2.45, 2.75) is 26.8 Å². The van der Waals surface area contributed by atoms with Gasteiger partial charge in [0.2, 0.25) is 10.0 Å². The molecule has 0 aromatic heterocycles. The summed E-state index contributed by atoms with van der Waals surface area (Å²) in [5, 5.41) is 0. The minimum absolute atomic E-state index is 0.0454. The molecular weight excluding hydrogens is 364 g/mol. The first-order valence-electron chi connectivity index (χ1n) is 8.91. The van der Waals surface area contributed by atoms with E-state index in [0.717, 1.165) is 11.3 Å². The Morgan fingerprint density at radius 3 is 2.41 bits per heavy atom. The predicted octanol–water partition coefficient (Wildman–Crippen LogP) is 3.51. The lowest BCUT2D eigenvalue weighted by Crippen LogP contribution is -2.30. The highest BCUT2D eigenvalue weighted by Gasteiger charge is 2.16. The number of carbonyl (C=O) groups is 1. The Morgan fingerprint density at radius 1 is 1.11 bits per heavy atom. The van der Waals surface area contributed by atoms with E-state index in [1.54, 1.807) is 43.2 Å². The maximum absolute atomic E-state index is 12.9. The van der Waals surface area contributed by atoms with Crippen LogP contribution in [0.3, 0.4) is 0 Å². The molecule has 27 heavy (non-hydrogen) atoms. The molecule has 2 aromatic carbocycles. The van der Waals surface area contributed by atoms with Crippen LogP contribution in [0.1, 0.15) is 36.2 Å². The van der Waals surface area contributed by atoms with Crippen molar-refractivity contribution in [3.63, 3.8) is 0 Å². The molecule has 0 fully saturated rings. The van der Waals surface area contributed by atoms with Gasteiger partial charge < -0.3 is 9.64 Å². The highest BCUT2D eigenvalue weighted by Crippen LogP contribution is 2.17. The third-order valence-electron chi connectivity index (χ3n) is 4.06. The summed E-state index contributed by atoms with van der Waals surface area (Å²) >= 11 is 0. The first kappa shape index (κ1) is 20.8. The number of anilines is 1. The minimum Gasteiger partial charge on any atom is -0.497 e.